The highest BCUT2D eigenvalue weighted by Gasteiger charge is 2.05. The average molecular weight is 196 g/mol. The van der Waals surface area contributed by atoms with Gasteiger partial charge in [-0.2, -0.15) is 5.10 Å². The molecule has 3 nitrogen and oxygen atoms in total. The molecule has 0 unspecified atom stereocenters. The molecule has 0 saturated carbocycles. The molecular formula is C9H10ClN3. The van der Waals surface area contributed by atoms with Crippen molar-refractivity contribution in [3.63, 3.8) is 0 Å². The van der Waals surface area contributed by atoms with Crippen molar-refractivity contribution in [2.75, 3.05) is 7.05 Å². The van der Waals surface area contributed by atoms with Gasteiger partial charge in [-0.15, -0.1) is 0 Å². The van der Waals surface area contributed by atoms with E-state index < -0.39 is 0 Å². The maximum absolute atomic E-state index is 5.91. The third-order valence-electron chi connectivity index (χ3n) is 1.99. The minimum atomic E-state index is 0.605. The maximum atomic E-state index is 5.91. The lowest BCUT2D eigenvalue weighted by Crippen LogP contribution is -2.05. The SMILES string of the molecule is CNCc1cccc2c(Cl)[nH]nc12. The molecule has 0 aliphatic heterocycles. The topological polar surface area (TPSA) is 40.7 Å². The van der Waals surface area contributed by atoms with Crippen LogP contribution in [-0.2, 0) is 6.54 Å². The van der Waals surface area contributed by atoms with Gasteiger partial charge in [0.15, 0.2) is 0 Å². The van der Waals surface area contributed by atoms with Crippen LogP contribution >= 0.6 is 11.6 Å². The number of hydrogen-bond acceptors (Lipinski definition) is 2. The van der Waals surface area contributed by atoms with Crippen molar-refractivity contribution in [2.24, 2.45) is 0 Å². The lowest BCUT2D eigenvalue weighted by atomic mass is 10.1. The van der Waals surface area contributed by atoms with Gasteiger partial charge in [0.1, 0.15) is 5.15 Å². The van der Waals surface area contributed by atoms with Crippen LogP contribution in [0.3, 0.4) is 0 Å². The van der Waals surface area contributed by atoms with E-state index in [4.69, 9.17) is 11.6 Å². The number of nitrogens with zero attached hydrogens (tertiary/aromatic N) is 1. The van der Waals surface area contributed by atoms with Crippen molar-refractivity contribution in [1.82, 2.24) is 15.5 Å². The Morgan fingerprint density at radius 1 is 1.54 bits per heavy atom. The van der Waals surface area contributed by atoms with Crippen molar-refractivity contribution >= 4 is 22.5 Å². The monoisotopic (exact) mass is 195 g/mol. The number of aromatic nitrogens is 2. The summed E-state index contributed by atoms with van der Waals surface area (Å²) in [6.07, 6.45) is 0. The fourth-order valence-electron chi connectivity index (χ4n) is 1.40. The quantitative estimate of drug-likeness (QED) is 0.769. The molecule has 2 aromatic rings. The zero-order valence-electron chi connectivity index (χ0n) is 7.26. The minimum Gasteiger partial charge on any atom is -0.316 e. The summed E-state index contributed by atoms with van der Waals surface area (Å²) in [5.74, 6) is 0. The standard InChI is InChI=1S/C9H10ClN3/c1-11-5-6-3-2-4-7-8(6)12-13-9(7)10/h2-4,11H,5H2,1H3,(H,12,13). The van der Waals surface area contributed by atoms with Crippen LogP contribution in [-0.4, -0.2) is 17.2 Å². The molecule has 2 rings (SSSR count). The first-order chi connectivity index (χ1) is 6.33. The summed E-state index contributed by atoms with van der Waals surface area (Å²) in [5, 5.41) is 11.6. The van der Waals surface area contributed by atoms with E-state index in [1.54, 1.807) is 0 Å². The van der Waals surface area contributed by atoms with Crippen LogP contribution in [0.15, 0.2) is 18.2 Å². The molecule has 1 aromatic carbocycles. The summed E-state index contributed by atoms with van der Waals surface area (Å²) in [4.78, 5) is 0. The molecule has 13 heavy (non-hydrogen) atoms. The van der Waals surface area contributed by atoms with Crippen LogP contribution < -0.4 is 5.32 Å². The van der Waals surface area contributed by atoms with Crippen molar-refractivity contribution in [3.05, 3.63) is 28.9 Å². The van der Waals surface area contributed by atoms with Crippen LogP contribution in [0.2, 0.25) is 5.15 Å². The third-order valence-corrected chi connectivity index (χ3v) is 2.28. The van der Waals surface area contributed by atoms with Gasteiger partial charge < -0.3 is 5.32 Å². The van der Waals surface area contributed by atoms with E-state index in [1.165, 1.54) is 0 Å². The Labute approximate surface area is 81.1 Å². The van der Waals surface area contributed by atoms with Crippen LogP contribution in [0.25, 0.3) is 10.9 Å². The van der Waals surface area contributed by atoms with Crippen molar-refractivity contribution in [2.45, 2.75) is 6.54 Å². The number of benzene rings is 1. The van der Waals surface area contributed by atoms with Gasteiger partial charge in [-0.1, -0.05) is 23.7 Å². The average Bonchev–Trinajstić information content (AvgIpc) is 2.50. The molecule has 2 N–H and O–H groups in total. The summed E-state index contributed by atoms with van der Waals surface area (Å²) in [7, 11) is 1.91. The van der Waals surface area contributed by atoms with Gasteiger partial charge in [0.05, 0.1) is 5.52 Å². The summed E-state index contributed by atoms with van der Waals surface area (Å²) in [6.45, 7) is 0.804. The Hall–Kier alpha value is -1.06. The molecule has 0 atom stereocenters. The molecule has 0 radical (unpaired) electrons. The number of H-pyrrole nitrogens is 1. The summed E-state index contributed by atoms with van der Waals surface area (Å²) in [6, 6.07) is 5.98. The molecule has 0 amide bonds. The van der Waals surface area contributed by atoms with E-state index >= 15 is 0 Å². The number of aromatic amines is 1. The predicted molar refractivity (Wildman–Crippen MR) is 53.9 cm³/mol. The first-order valence-electron chi connectivity index (χ1n) is 4.09. The predicted octanol–water partition coefficient (Wildman–Crippen LogP) is 1.94. The van der Waals surface area contributed by atoms with Gasteiger partial charge in [-0.3, -0.25) is 5.10 Å². The Morgan fingerprint density at radius 2 is 2.38 bits per heavy atom. The van der Waals surface area contributed by atoms with Gasteiger partial charge in [-0.05, 0) is 18.7 Å². The van der Waals surface area contributed by atoms with Crippen LogP contribution in [0.5, 0.6) is 0 Å². The zero-order valence-corrected chi connectivity index (χ0v) is 8.02. The molecule has 0 saturated heterocycles. The van der Waals surface area contributed by atoms with E-state index in [2.05, 4.69) is 15.5 Å². The fraction of sp³-hybridized carbons (Fsp3) is 0.222. The van der Waals surface area contributed by atoms with E-state index in [9.17, 15) is 0 Å². The number of fused-ring (bicyclic) bond motifs is 1. The Bertz CT molecular complexity index is 422. The smallest absolute Gasteiger partial charge is 0.132 e. The largest absolute Gasteiger partial charge is 0.316 e. The normalized spacial score (nSPS) is 10.9. The maximum Gasteiger partial charge on any atom is 0.132 e. The lowest BCUT2D eigenvalue weighted by Gasteiger charge is -1.99. The van der Waals surface area contributed by atoms with Gasteiger partial charge in [0.2, 0.25) is 0 Å². The number of para-hydroxylation sites is 1. The molecule has 0 aliphatic rings. The molecule has 0 aliphatic carbocycles. The van der Waals surface area contributed by atoms with Crippen LogP contribution in [0.1, 0.15) is 5.56 Å². The summed E-state index contributed by atoms with van der Waals surface area (Å²) in [5.41, 5.74) is 2.10. The second kappa shape index (κ2) is 3.36. The zero-order chi connectivity index (χ0) is 9.26. The van der Waals surface area contributed by atoms with Gasteiger partial charge in [0, 0.05) is 11.9 Å². The molecule has 0 spiro atoms. The molecule has 0 fully saturated rings. The minimum absolute atomic E-state index is 0.605. The Morgan fingerprint density at radius 3 is 3.15 bits per heavy atom. The highest BCUT2D eigenvalue weighted by atomic mass is 35.5. The third kappa shape index (κ3) is 1.41. The number of hydrogen-bond donors (Lipinski definition) is 2. The lowest BCUT2D eigenvalue weighted by molar-refractivity contribution is 0.821. The van der Waals surface area contributed by atoms with E-state index in [0.717, 1.165) is 23.0 Å². The fourth-order valence-corrected chi connectivity index (χ4v) is 1.59. The van der Waals surface area contributed by atoms with Gasteiger partial charge in [-0.25, -0.2) is 0 Å². The molecule has 4 heteroatoms. The van der Waals surface area contributed by atoms with Gasteiger partial charge >= 0.3 is 0 Å². The Balaban J connectivity index is 2.63. The van der Waals surface area contributed by atoms with Crippen LogP contribution in [0.4, 0.5) is 0 Å². The highest BCUT2D eigenvalue weighted by molar-refractivity contribution is 6.34. The van der Waals surface area contributed by atoms with E-state index in [0.29, 0.717) is 5.15 Å². The van der Waals surface area contributed by atoms with E-state index in [1.807, 2.05) is 25.2 Å². The second-order valence-corrected chi connectivity index (χ2v) is 3.26. The number of nitrogens with one attached hydrogen (secondary N) is 2. The molecule has 1 aromatic heterocycles. The molecule has 0 bridgehead atoms. The second-order valence-electron chi connectivity index (χ2n) is 2.88. The van der Waals surface area contributed by atoms with E-state index in [-0.39, 0.29) is 0 Å². The molecule has 1 heterocycles. The van der Waals surface area contributed by atoms with Gasteiger partial charge in [0.25, 0.3) is 0 Å². The van der Waals surface area contributed by atoms with Crippen molar-refractivity contribution in [1.29, 1.82) is 0 Å². The molecular weight excluding hydrogens is 186 g/mol. The van der Waals surface area contributed by atoms with Crippen molar-refractivity contribution in [3.8, 4) is 0 Å². The summed E-state index contributed by atoms with van der Waals surface area (Å²) >= 11 is 5.91. The number of rotatable bonds is 2. The summed E-state index contributed by atoms with van der Waals surface area (Å²) < 4.78 is 0. The van der Waals surface area contributed by atoms with Crippen LogP contribution in [0, 0.1) is 0 Å². The Kier molecular flexibility index (Phi) is 2.20. The van der Waals surface area contributed by atoms with Crippen molar-refractivity contribution < 1.29 is 0 Å². The highest BCUT2D eigenvalue weighted by Crippen LogP contribution is 2.22. The first-order valence-corrected chi connectivity index (χ1v) is 4.47. The number of halogens is 1. The molecule has 68 valence electrons. The first kappa shape index (κ1) is 8.53.